The van der Waals surface area contributed by atoms with Crippen LogP contribution >= 0.6 is 0 Å². The van der Waals surface area contributed by atoms with Crippen molar-refractivity contribution >= 4 is 11.9 Å². The molecule has 0 spiro atoms. The maximum atomic E-state index is 11.3. The van der Waals surface area contributed by atoms with Crippen molar-refractivity contribution in [2.24, 2.45) is 5.92 Å². The average Bonchev–Trinajstić information content (AvgIpc) is 3.02. The summed E-state index contributed by atoms with van der Waals surface area (Å²) in [6, 6.07) is 0. The first kappa shape index (κ1) is 12.3. The normalized spacial score (nSPS) is 21.6. The standard InChI is InChI=1S/C11H19N3O3/c15-9(16)5-11(6-12-7-11)14-4-3-13-10(17)8-1-2-8/h8,12,14H,1-7H2,(H,13,17)(H,15,16). The largest absolute Gasteiger partial charge is 0.481 e. The summed E-state index contributed by atoms with van der Waals surface area (Å²) >= 11 is 0. The van der Waals surface area contributed by atoms with E-state index in [9.17, 15) is 9.59 Å². The Hall–Kier alpha value is -1.14. The summed E-state index contributed by atoms with van der Waals surface area (Å²) in [7, 11) is 0. The molecule has 1 aliphatic heterocycles. The van der Waals surface area contributed by atoms with Gasteiger partial charge in [-0.25, -0.2) is 0 Å². The van der Waals surface area contributed by atoms with Gasteiger partial charge in [-0.05, 0) is 12.8 Å². The molecular formula is C11H19N3O3. The first-order valence-corrected chi connectivity index (χ1v) is 6.07. The molecule has 0 aromatic rings. The summed E-state index contributed by atoms with van der Waals surface area (Å²) in [5, 5.41) is 17.9. The van der Waals surface area contributed by atoms with E-state index in [1.807, 2.05) is 0 Å². The molecule has 4 N–H and O–H groups in total. The molecule has 96 valence electrons. The van der Waals surface area contributed by atoms with Crippen LogP contribution in [0.3, 0.4) is 0 Å². The molecule has 0 unspecified atom stereocenters. The highest BCUT2D eigenvalue weighted by Crippen LogP contribution is 2.28. The topological polar surface area (TPSA) is 90.5 Å². The molecule has 1 saturated heterocycles. The van der Waals surface area contributed by atoms with Gasteiger partial charge < -0.3 is 21.1 Å². The molecule has 2 aliphatic rings. The van der Waals surface area contributed by atoms with Gasteiger partial charge in [0.05, 0.1) is 12.0 Å². The van der Waals surface area contributed by atoms with Crippen LogP contribution in [0.1, 0.15) is 19.3 Å². The van der Waals surface area contributed by atoms with Crippen LogP contribution in [0.2, 0.25) is 0 Å². The van der Waals surface area contributed by atoms with Crippen molar-refractivity contribution in [1.82, 2.24) is 16.0 Å². The van der Waals surface area contributed by atoms with Crippen LogP contribution in [0.25, 0.3) is 0 Å². The van der Waals surface area contributed by atoms with Gasteiger partial charge in [0.15, 0.2) is 0 Å². The predicted molar refractivity (Wildman–Crippen MR) is 61.6 cm³/mol. The molecule has 1 amide bonds. The van der Waals surface area contributed by atoms with E-state index in [0.29, 0.717) is 26.2 Å². The van der Waals surface area contributed by atoms with Crippen LogP contribution < -0.4 is 16.0 Å². The Morgan fingerprint density at radius 2 is 2.00 bits per heavy atom. The minimum atomic E-state index is -0.791. The summed E-state index contributed by atoms with van der Waals surface area (Å²) in [4.78, 5) is 22.1. The van der Waals surface area contributed by atoms with Crippen molar-refractivity contribution in [2.75, 3.05) is 26.2 Å². The van der Waals surface area contributed by atoms with Crippen LogP contribution in [0, 0.1) is 5.92 Å². The molecule has 1 heterocycles. The zero-order chi connectivity index (χ0) is 12.3. The van der Waals surface area contributed by atoms with Gasteiger partial charge in [0.1, 0.15) is 0 Å². The Morgan fingerprint density at radius 1 is 1.29 bits per heavy atom. The third-order valence-electron chi connectivity index (χ3n) is 3.29. The molecule has 0 radical (unpaired) electrons. The fraction of sp³-hybridized carbons (Fsp3) is 0.818. The second-order valence-electron chi connectivity index (χ2n) is 4.95. The Kier molecular flexibility index (Phi) is 3.63. The number of carboxylic acid groups (broad SMARTS) is 1. The van der Waals surface area contributed by atoms with Gasteiger partial charge in [-0.3, -0.25) is 9.59 Å². The van der Waals surface area contributed by atoms with Crippen LogP contribution in [0.15, 0.2) is 0 Å². The zero-order valence-electron chi connectivity index (χ0n) is 9.79. The smallest absolute Gasteiger partial charge is 0.305 e. The maximum Gasteiger partial charge on any atom is 0.305 e. The minimum absolute atomic E-state index is 0.122. The number of carbonyl (C=O) groups excluding carboxylic acids is 1. The predicted octanol–water partition coefficient (Wildman–Crippen LogP) is -1.08. The number of carbonyl (C=O) groups is 2. The van der Waals surface area contributed by atoms with Gasteiger partial charge in [0, 0.05) is 32.1 Å². The minimum Gasteiger partial charge on any atom is -0.481 e. The number of nitrogens with one attached hydrogen (secondary N) is 3. The second kappa shape index (κ2) is 5.01. The molecule has 0 bridgehead atoms. The summed E-state index contributed by atoms with van der Waals surface area (Å²) < 4.78 is 0. The highest BCUT2D eigenvalue weighted by atomic mass is 16.4. The summed E-state index contributed by atoms with van der Waals surface area (Å²) in [5.41, 5.74) is -0.323. The van der Waals surface area contributed by atoms with Crippen molar-refractivity contribution in [3.63, 3.8) is 0 Å². The molecule has 1 aliphatic carbocycles. The molecule has 0 aromatic carbocycles. The molecule has 2 fully saturated rings. The molecule has 2 rings (SSSR count). The lowest BCUT2D eigenvalue weighted by Crippen LogP contribution is -2.69. The van der Waals surface area contributed by atoms with Crippen molar-refractivity contribution in [1.29, 1.82) is 0 Å². The van der Waals surface area contributed by atoms with Crippen molar-refractivity contribution in [3.05, 3.63) is 0 Å². The Bertz CT molecular complexity index is 311. The van der Waals surface area contributed by atoms with E-state index in [2.05, 4.69) is 16.0 Å². The van der Waals surface area contributed by atoms with Crippen molar-refractivity contribution in [3.8, 4) is 0 Å². The van der Waals surface area contributed by atoms with E-state index >= 15 is 0 Å². The summed E-state index contributed by atoms with van der Waals surface area (Å²) in [6.45, 7) is 2.54. The number of aliphatic carboxylic acids is 1. The molecular weight excluding hydrogens is 222 g/mol. The third-order valence-corrected chi connectivity index (χ3v) is 3.29. The van der Waals surface area contributed by atoms with Crippen LogP contribution in [-0.2, 0) is 9.59 Å². The fourth-order valence-corrected chi connectivity index (χ4v) is 2.03. The maximum absolute atomic E-state index is 11.3. The monoisotopic (exact) mass is 241 g/mol. The molecule has 17 heavy (non-hydrogen) atoms. The van der Waals surface area contributed by atoms with Crippen LogP contribution in [0.4, 0.5) is 0 Å². The van der Waals surface area contributed by atoms with Gasteiger partial charge in [0.25, 0.3) is 0 Å². The lowest BCUT2D eigenvalue weighted by atomic mass is 9.88. The fourth-order valence-electron chi connectivity index (χ4n) is 2.03. The van der Waals surface area contributed by atoms with Crippen molar-refractivity contribution < 1.29 is 14.7 Å². The average molecular weight is 241 g/mol. The molecule has 6 nitrogen and oxygen atoms in total. The third kappa shape index (κ3) is 3.41. The summed E-state index contributed by atoms with van der Waals surface area (Å²) in [6.07, 6.45) is 2.13. The first-order valence-electron chi connectivity index (χ1n) is 6.07. The zero-order valence-corrected chi connectivity index (χ0v) is 9.79. The van der Waals surface area contributed by atoms with E-state index in [4.69, 9.17) is 5.11 Å². The van der Waals surface area contributed by atoms with E-state index < -0.39 is 5.97 Å². The second-order valence-corrected chi connectivity index (χ2v) is 4.95. The van der Waals surface area contributed by atoms with Gasteiger partial charge in [0.2, 0.25) is 5.91 Å². The quantitative estimate of drug-likeness (QED) is 0.426. The Morgan fingerprint density at radius 3 is 2.47 bits per heavy atom. The number of carboxylic acids is 1. The highest BCUT2D eigenvalue weighted by Gasteiger charge is 2.38. The lowest BCUT2D eigenvalue weighted by Gasteiger charge is -2.42. The summed E-state index contributed by atoms with van der Waals surface area (Å²) in [5.74, 6) is -0.430. The van der Waals surface area contributed by atoms with Crippen LogP contribution in [0.5, 0.6) is 0 Å². The number of hydrogen-bond donors (Lipinski definition) is 4. The number of amides is 1. The van der Waals surface area contributed by atoms with E-state index in [0.717, 1.165) is 12.8 Å². The van der Waals surface area contributed by atoms with E-state index in [1.54, 1.807) is 0 Å². The van der Waals surface area contributed by atoms with Gasteiger partial charge in [-0.2, -0.15) is 0 Å². The Balaban J connectivity index is 1.62. The molecule has 0 atom stereocenters. The SMILES string of the molecule is O=C(O)CC1(NCCNC(=O)C2CC2)CNC1. The lowest BCUT2D eigenvalue weighted by molar-refractivity contribution is -0.139. The van der Waals surface area contributed by atoms with Gasteiger partial charge in [-0.1, -0.05) is 0 Å². The first-order chi connectivity index (χ1) is 8.11. The molecule has 0 aromatic heterocycles. The van der Waals surface area contributed by atoms with Gasteiger partial charge in [-0.15, -0.1) is 0 Å². The Labute approximate surface area is 100 Å². The number of rotatable bonds is 7. The van der Waals surface area contributed by atoms with E-state index in [1.165, 1.54) is 0 Å². The number of hydrogen-bond acceptors (Lipinski definition) is 4. The molecule has 6 heteroatoms. The van der Waals surface area contributed by atoms with Crippen LogP contribution in [-0.4, -0.2) is 48.7 Å². The van der Waals surface area contributed by atoms with Crippen molar-refractivity contribution in [2.45, 2.75) is 24.8 Å². The van der Waals surface area contributed by atoms with E-state index in [-0.39, 0.29) is 23.8 Å². The highest BCUT2D eigenvalue weighted by molar-refractivity contribution is 5.80. The van der Waals surface area contributed by atoms with Gasteiger partial charge >= 0.3 is 5.97 Å². The molecule has 1 saturated carbocycles.